The van der Waals surface area contributed by atoms with Gasteiger partial charge >= 0.3 is 0 Å². The average Bonchev–Trinajstić information content (AvgIpc) is 2.36. The van der Waals surface area contributed by atoms with Crippen molar-refractivity contribution in [3.8, 4) is 0 Å². The predicted molar refractivity (Wildman–Crippen MR) is 84.0 cm³/mol. The van der Waals surface area contributed by atoms with Crippen molar-refractivity contribution in [1.82, 2.24) is 5.32 Å². The van der Waals surface area contributed by atoms with Gasteiger partial charge in [-0.1, -0.05) is 6.92 Å². The van der Waals surface area contributed by atoms with Crippen molar-refractivity contribution in [3.05, 3.63) is 23.8 Å². The van der Waals surface area contributed by atoms with E-state index in [1.54, 1.807) is 31.1 Å². The highest BCUT2D eigenvalue weighted by Gasteiger charge is 2.22. The molecule has 0 heterocycles. The largest absolute Gasteiger partial charge is 0.377 e. The third-order valence-electron chi connectivity index (χ3n) is 3.35. The van der Waals surface area contributed by atoms with Crippen molar-refractivity contribution in [2.45, 2.75) is 37.6 Å². The number of rotatable bonds is 5. The van der Waals surface area contributed by atoms with Crippen LogP contribution < -0.4 is 15.4 Å². The first kappa shape index (κ1) is 17.5. The van der Waals surface area contributed by atoms with E-state index in [1.165, 1.54) is 6.07 Å². The summed E-state index contributed by atoms with van der Waals surface area (Å²) in [6, 6.07) is 4.48. The van der Waals surface area contributed by atoms with E-state index in [9.17, 15) is 13.2 Å². The Morgan fingerprint density at radius 1 is 1.33 bits per heavy atom. The predicted octanol–water partition coefficient (Wildman–Crippen LogP) is 1.32. The van der Waals surface area contributed by atoms with E-state index in [0.717, 1.165) is 6.42 Å². The number of nitrogens with two attached hydrogens (primary N) is 1. The second-order valence-electron chi connectivity index (χ2n) is 5.81. The number of benzene rings is 1. The summed E-state index contributed by atoms with van der Waals surface area (Å²) < 4.78 is 23.4. The molecule has 7 heteroatoms. The first-order valence-corrected chi connectivity index (χ1v) is 8.19. The summed E-state index contributed by atoms with van der Waals surface area (Å²) >= 11 is 0. The van der Waals surface area contributed by atoms with Crippen LogP contribution in [-0.4, -0.2) is 34.0 Å². The van der Waals surface area contributed by atoms with Crippen LogP contribution in [0.15, 0.2) is 23.1 Å². The van der Waals surface area contributed by atoms with E-state index in [0.29, 0.717) is 5.69 Å². The maximum Gasteiger partial charge on any atom is 0.251 e. The highest BCUT2D eigenvalue weighted by molar-refractivity contribution is 7.89. The topological polar surface area (TPSA) is 92.5 Å². The molecule has 1 amide bonds. The fraction of sp³-hybridized carbons (Fsp3) is 0.500. The fourth-order valence-corrected chi connectivity index (χ4v) is 2.55. The van der Waals surface area contributed by atoms with Crippen molar-refractivity contribution in [2.75, 3.05) is 19.0 Å². The molecular formula is C14H23N3O3S. The van der Waals surface area contributed by atoms with Crippen molar-refractivity contribution in [2.24, 2.45) is 5.14 Å². The quantitative estimate of drug-likeness (QED) is 0.857. The molecule has 0 aliphatic rings. The Hall–Kier alpha value is -1.60. The summed E-state index contributed by atoms with van der Waals surface area (Å²) in [5, 5.41) is 8.09. The Labute approximate surface area is 126 Å². The zero-order chi connectivity index (χ0) is 16.4. The van der Waals surface area contributed by atoms with Gasteiger partial charge in [-0.15, -0.1) is 0 Å². The van der Waals surface area contributed by atoms with Gasteiger partial charge < -0.3 is 10.2 Å². The number of nitrogens with zero attached hydrogens (tertiary/aromatic N) is 1. The molecule has 1 aromatic rings. The van der Waals surface area contributed by atoms with Crippen LogP contribution in [0.1, 0.15) is 37.6 Å². The molecule has 0 fully saturated rings. The smallest absolute Gasteiger partial charge is 0.251 e. The molecule has 0 aromatic heterocycles. The average molecular weight is 313 g/mol. The lowest BCUT2D eigenvalue weighted by molar-refractivity contribution is 0.0911. The number of anilines is 1. The summed E-state index contributed by atoms with van der Waals surface area (Å²) in [7, 11) is -0.481. The van der Waals surface area contributed by atoms with E-state index < -0.39 is 10.0 Å². The van der Waals surface area contributed by atoms with Crippen LogP contribution in [0.4, 0.5) is 5.69 Å². The number of hydrogen-bond donors (Lipinski definition) is 2. The molecule has 6 nitrogen and oxygen atoms in total. The van der Waals surface area contributed by atoms with Crippen LogP contribution in [0, 0.1) is 0 Å². The first-order chi connectivity index (χ1) is 9.48. The molecule has 1 aromatic carbocycles. The second kappa shape index (κ2) is 6.03. The van der Waals surface area contributed by atoms with Crippen LogP contribution in [0.25, 0.3) is 0 Å². The van der Waals surface area contributed by atoms with E-state index in [2.05, 4.69) is 5.32 Å². The molecule has 0 spiro atoms. The van der Waals surface area contributed by atoms with Gasteiger partial charge in [-0.3, -0.25) is 4.79 Å². The van der Waals surface area contributed by atoms with Gasteiger partial charge in [0.2, 0.25) is 10.0 Å². The van der Waals surface area contributed by atoms with E-state index in [-0.39, 0.29) is 21.9 Å². The molecule has 1 rings (SSSR count). The molecule has 0 saturated heterocycles. The number of amides is 1. The third kappa shape index (κ3) is 4.44. The number of hydrogen-bond acceptors (Lipinski definition) is 4. The van der Waals surface area contributed by atoms with Crippen LogP contribution >= 0.6 is 0 Å². The van der Waals surface area contributed by atoms with Crippen molar-refractivity contribution < 1.29 is 13.2 Å². The Morgan fingerprint density at radius 2 is 1.90 bits per heavy atom. The van der Waals surface area contributed by atoms with Crippen molar-refractivity contribution in [1.29, 1.82) is 0 Å². The molecule has 3 N–H and O–H groups in total. The van der Waals surface area contributed by atoms with Gasteiger partial charge in [0.1, 0.15) is 4.90 Å². The molecule has 0 atom stereocenters. The van der Waals surface area contributed by atoms with Crippen molar-refractivity contribution >= 4 is 21.6 Å². The van der Waals surface area contributed by atoms with E-state index in [1.807, 2.05) is 20.8 Å². The van der Waals surface area contributed by atoms with Gasteiger partial charge in [-0.25, -0.2) is 13.6 Å². The van der Waals surface area contributed by atoms with Crippen LogP contribution in [0.5, 0.6) is 0 Å². The van der Waals surface area contributed by atoms with E-state index >= 15 is 0 Å². The van der Waals surface area contributed by atoms with Gasteiger partial charge in [0.15, 0.2) is 0 Å². The lowest BCUT2D eigenvalue weighted by atomic mass is 10.0. The van der Waals surface area contributed by atoms with Crippen LogP contribution in [0.3, 0.4) is 0 Å². The SMILES string of the molecule is CCC(C)(C)NC(=O)c1ccc(N(C)C)c(S(N)(=O)=O)c1. The summed E-state index contributed by atoms with van der Waals surface area (Å²) in [4.78, 5) is 13.8. The van der Waals surface area contributed by atoms with Gasteiger partial charge in [0, 0.05) is 25.2 Å². The highest BCUT2D eigenvalue weighted by atomic mass is 32.2. The lowest BCUT2D eigenvalue weighted by Gasteiger charge is -2.25. The molecule has 0 radical (unpaired) electrons. The Morgan fingerprint density at radius 3 is 2.33 bits per heavy atom. The minimum atomic E-state index is -3.91. The number of primary sulfonamides is 1. The normalized spacial score (nSPS) is 12.1. The Bertz CT molecular complexity index is 637. The number of nitrogens with one attached hydrogen (secondary N) is 1. The fourth-order valence-electron chi connectivity index (χ4n) is 1.72. The van der Waals surface area contributed by atoms with Gasteiger partial charge in [0.25, 0.3) is 5.91 Å². The summed E-state index contributed by atoms with van der Waals surface area (Å²) in [6.07, 6.45) is 0.760. The number of sulfonamides is 1. The number of carbonyl (C=O) groups is 1. The zero-order valence-corrected chi connectivity index (χ0v) is 13.9. The first-order valence-electron chi connectivity index (χ1n) is 6.64. The second-order valence-corrected chi connectivity index (χ2v) is 7.34. The molecule has 0 aliphatic heterocycles. The Balaban J connectivity index is 3.27. The molecule has 0 unspecified atom stereocenters. The minimum Gasteiger partial charge on any atom is -0.377 e. The van der Waals surface area contributed by atoms with Gasteiger partial charge in [-0.2, -0.15) is 0 Å². The highest BCUT2D eigenvalue weighted by Crippen LogP contribution is 2.24. The standard InChI is InChI=1S/C14H23N3O3S/c1-6-14(2,3)16-13(18)10-7-8-11(17(4)5)12(9-10)21(15,19)20/h7-9H,6H2,1-5H3,(H,16,18)(H2,15,19,20). The summed E-state index contributed by atoms with van der Waals surface area (Å²) in [5.41, 5.74) is 0.355. The summed E-state index contributed by atoms with van der Waals surface area (Å²) in [5.74, 6) is -0.322. The van der Waals surface area contributed by atoms with Crippen LogP contribution in [0.2, 0.25) is 0 Å². The minimum absolute atomic E-state index is 0.0607. The molecule has 0 aliphatic carbocycles. The van der Waals surface area contributed by atoms with Gasteiger partial charge in [0.05, 0.1) is 5.69 Å². The molecular weight excluding hydrogens is 290 g/mol. The summed E-state index contributed by atoms with van der Waals surface area (Å²) in [6.45, 7) is 5.77. The maximum atomic E-state index is 12.2. The van der Waals surface area contributed by atoms with Gasteiger partial charge in [-0.05, 0) is 38.5 Å². The monoisotopic (exact) mass is 313 g/mol. The molecule has 0 saturated carbocycles. The molecule has 21 heavy (non-hydrogen) atoms. The lowest BCUT2D eigenvalue weighted by Crippen LogP contribution is -2.42. The zero-order valence-electron chi connectivity index (χ0n) is 13.1. The number of carbonyl (C=O) groups excluding carboxylic acids is 1. The molecule has 118 valence electrons. The van der Waals surface area contributed by atoms with E-state index in [4.69, 9.17) is 5.14 Å². The Kier molecular flexibility index (Phi) is 5.01. The van der Waals surface area contributed by atoms with Crippen LogP contribution in [-0.2, 0) is 10.0 Å². The van der Waals surface area contributed by atoms with Crippen molar-refractivity contribution in [3.63, 3.8) is 0 Å². The molecule has 0 bridgehead atoms. The maximum absolute atomic E-state index is 12.2. The third-order valence-corrected chi connectivity index (χ3v) is 4.29.